The van der Waals surface area contributed by atoms with Crippen LogP contribution in [0.5, 0.6) is 0 Å². The zero-order valence-electron chi connectivity index (χ0n) is 13.2. The molecule has 0 spiro atoms. The van der Waals surface area contributed by atoms with Crippen LogP contribution in [-0.2, 0) is 15.8 Å². The van der Waals surface area contributed by atoms with Crippen molar-refractivity contribution in [1.82, 2.24) is 9.29 Å². The van der Waals surface area contributed by atoms with E-state index in [0.717, 1.165) is 11.4 Å². The average molecular weight is 342 g/mol. The van der Waals surface area contributed by atoms with Crippen LogP contribution in [0, 0.1) is 11.3 Å². The number of piperazine rings is 1. The number of nitrogens with zero attached hydrogens (tertiary/aromatic N) is 4. The number of aromatic nitrogens is 1. The highest BCUT2D eigenvalue weighted by atomic mass is 32.2. The topological polar surface area (TPSA) is 77.3 Å². The maximum atomic E-state index is 12.5. The normalized spacial score (nSPS) is 15.9. The molecule has 7 heteroatoms. The van der Waals surface area contributed by atoms with E-state index in [1.54, 1.807) is 16.4 Å². The van der Waals surface area contributed by atoms with Gasteiger partial charge < -0.3 is 4.90 Å². The van der Waals surface area contributed by atoms with E-state index in [-0.39, 0.29) is 5.75 Å². The molecular formula is C17H18N4O2S. The van der Waals surface area contributed by atoms with Gasteiger partial charge in [0.2, 0.25) is 10.0 Å². The monoisotopic (exact) mass is 342 g/mol. The van der Waals surface area contributed by atoms with Gasteiger partial charge in [-0.25, -0.2) is 13.4 Å². The number of nitriles is 1. The summed E-state index contributed by atoms with van der Waals surface area (Å²) in [7, 11) is -3.31. The van der Waals surface area contributed by atoms with Crippen LogP contribution in [0.25, 0.3) is 0 Å². The summed E-state index contributed by atoms with van der Waals surface area (Å²) in [6, 6.07) is 14.8. The predicted molar refractivity (Wildman–Crippen MR) is 91.8 cm³/mol. The molecule has 6 nitrogen and oxygen atoms in total. The van der Waals surface area contributed by atoms with E-state index in [4.69, 9.17) is 5.26 Å². The lowest BCUT2D eigenvalue weighted by Gasteiger charge is -2.34. The van der Waals surface area contributed by atoms with Gasteiger partial charge in [-0.3, -0.25) is 0 Å². The van der Waals surface area contributed by atoms with Gasteiger partial charge in [-0.05, 0) is 17.7 Å². The number of benzene rings is 1. The lowest BCUT2D eigenvalue weighted by Crippen LogP contribution is -2.49. The summed E-state index contributed by atoms with van der Waals surface area (Å²) in [6.07, 6.45) is 1.54. The molecule has 0 N–H and O–H groups in total. The molecule has 2 heterocycles. The average Bonchev–Trinajstić information content (AvgIpc) is 2.62. The Morgan fingerprint density at radius 1 is 1.04 bits per heavy atom. The quantitative estimate of drug-likeness (QED) is 0.843. The van der Waals surface area contributed by atoms with Gasteiger partial charge >= 0.3 is 0 Å². The van der Waals surface area contributed by atoms with Gasteiger partial charge in [-0.15, -0.1) is 0 Å². The predicted octanol–water partition coefficient (Wildman–Crippen LogP) is 1.61. The Labute approximate surface area is 142 Å². The van der Waals surface area contributed by atoms with Crippen LogP contribution >= 0.6 is 0 Å². The summed E-state index contributed by atoms with van der Waals surface area (Å²) in [4.78, 5) is 6.30. The van der Waals surface area contributed by atoms with E-state index >= 15 is 0 Å². The number of sulfonamides is 1. The third kappa shape index (κ3) is 3.72. The largest absolute Gasteiger partial charge is 0.354 e. The van der Waals surface area contributed by atoms with Crippen molar-refractivity contribution in [3.63, 3.8) is 0 Å². The molecule has 124 valence electrons. The van der Waals surface area contributed by atoms with Crippen molar-refractivity contribution >= 4 is 15.8 Å². The molecule has 2 aromatic rings. The van der Waals surface area contributed by atoms with Crippen molar-refractivity contribution in [3.8, 4) is 6.07 Å². The minimum Gasteiger partial charge on any atom is -0.354 e. The van der Waals surface area contributed by atoms with Gasteiger partial charge in [0.1, 0.15) is 11.9 Å². The molecule has 0 bridgehead atoms. The number of hydrogen-bond donors (Lipinski definition) is 0. The minimum atomic E-state index is -3.31. The van der Waals surface area contributed by atoms with Crippen LogP contribution in [-0.4, -0.2) is 43.9 Å². The van der Waals surface area contributed by atoms with Crippen LogP contribution in [0.1, 0.15) is 11.1 Å². The van der Waals surface area contributed by atoms with Crippen LogP contribution in [0.3, 0.4) is 0 Å². The van der Waals surface area contributed by atoms with Crippen LogP contribution in [0.2, 0.25) is 0 Å². The molecule has 0 radical (unpaired) electrons. The van der Waals surface area contributed by atoms with Crippen LogP contribution < -0.4 is 4.90 Å². The molecule has 0 amide bonds. The highest BCUT2D eigenvalue weighted by Gasteiger charge is 2.27. The smallest absolute Gasteiger partial charge is 0.218 e. The molecule has 3 rings (SSSR count). The molecule has 0 saturated carbocycles. The highest BCUT2D eigenvalue weighted by molar-refractivity contribution is 7.88. The van der Waals surface area contributed by atoms with Crippen molar-refractivity contribution in [2.45, 2.75) is 5.75 Å². The first kappa shape index (κ1) is 16.4. The van der Waals surface area contributed by atoms with Gasteiger partial charge in [0.25, 0.3) is 0 Å². The van der Waals surface area contributed by atoms with Gasteiger partial charge in [0, 0.05) is 32.4 Å². The third-order valence-corrected chi connectivity index (χ3v) is 5.87. The summed E-state index contributed by atoms with van der Waals surface area (Å²) in [5, 5.41) is 8.81. The molecule has 0 atom stereocenters. The highest BCUT2D eigenvalue weighted by Crippen LogP contribution is 2.17. The fraction of sp³-hybridized carbons (Fsp3) is 0.294. The second kappa shape index (κ2) is 6.99. The van der Waals surface area contributed by atoms with Crippen LogP contribution in [0.15, 0.2) is 48.7 Å². The second-order valence-corrected chi connectivity index (χ2v) is 7.61. The molecule has 1 aliphatic heterocycles. The summed E-state index contributed by atoms with van der Waals surface area (Å²) in [6.45, 7) is 2.06. The zero-order valence-corrected chi connectivity index (χ0v) is 14.0. The van der Waals surface area contributed by atoms with Gasteiger partial charge in [0.15, 0.2) is 0 Å². The molecule has 1 aromatic heterocycles. The van der Waals surface area contributed by atoms with E-state index in [9.17, 15) is 8.42 Å². The Balaban J connectivity index is 1.62. The SMILES string of the molecule is N#Cc1ccc(N2CCN(S(=O)(=O)Cc3ccccc3)CC2)nc1. The van der Waals surface area contributed by atoms with Crippen molar-refractivity contribution in [2.75, 3.05) is 31.1 Å². The van der Waals surface area contributed by atoms with Gasteiger partial charge in [-0.1, -0.05) is 30.3 Å². The van der Waals surface area contributed by atoms with E-state index in [1.165, 1.54) is 6.20 Å². The van der Waals surface area contributed by atoms with Crippen molar-refractivity contribution in [3.05, 3.63) is 59.8 Å². The second-order valence-electron chi connectivity index (χ2n) is 5.64. The van der Waals surface area contributed by atoms with Gasteiger partial charge in [-0.2, -0.15) is 9.57 Å². The number of pyridine rings is 1. The van der Waals surface area contributed by atoms with E-state index in [2.05, 4.69) is 4.98 Å². The Bertz CT molecular complexity index is 821. The molecule has 1 fully saturated rings. The lowest BCUT2D eigenvalue weighted by molar-refractivity contribution is 0.383. The molecule has 0 unspecified atom stereocenters. The van der Waals surface area contributed by atoms with Crippen molar-refractivity contribution in [1.29, 1.82) is 5.26 Å². The van der Waals surface area contributed by atoms with Gasteiger partial charge in [0.05, 0.1) is 11.3 Å². The molecule has 1 saturated heterocycles. The molecule has 1 aliphatic rings. The first-order chi connectivity index (χ1) is 11.6. The molecule has 1 aromatic carbocycles. The Kier molecular flexibility index (Phi) is 4.79. The van der Waals surface area contributed by atoms with E-state index in [1.807, 2.05) is 41.3 Å². The Hall–Kier alpha value is -2.43. The standard InChI is InChI=1S/C17H18N4O2S/c18-12-16-6-7-17(19-13-16)20-8-10-21(11-9-20)24(22,23)14-15-4-2-1-3-5-15/h1-7,13H,8-11,14H2. The number of hydrogen-bond acceptors (Lipinski definition) is 5. The first-order valence-electron chi connectivity index (χ1n) is 7.71. The summed E-state index contributed by atoms with van der Waals surface area (Å²) >= 11 is 0. The van der Waals surface area contributed by atoms with Crippen LogP contribution in [0.4, 0.5) is 5.82 Å². The summed E-state index contributed by atoms with van der Waals surface area (Å²) < 4.78 is 26.6. The maximum absolute atomic E-state index is 12.5. The Morgan fingerprint density at radius 3 is 2.33 bits per heavy atom. The maximum Gasteiger partial charge on any atom is 0.218 e. The fourth-order valence-electron chi connectivity index (χ4n) is 2.71. The molecule has 0 aliphatic carbocycles. The number of rotatable bonds is 4. The summed E-state index contributed by atoms with van der Waals surface area (Å²) in [5.74, 6) is 0.803. The first-order valence-corrected chi connectivity index (χ1v) is 9.32. The lowest BCUT2D eigenvalue weighted by atomic mass is 10.2. The molecule has 24 heavy (non-hydrogen) atoms. The third-order valence-electron chi connectivity index (χ3n) is 4.02. The number of anilines is 1. The zero-order chi connectivity index (χ0) is 17.0. The van der Waals surface area contributed by atoms with Crippen molar-refractivity contribution < 1.29 is 8.42 Å². The van der Waals surface area contributed by atoms with Crippen molar-refractivity contribution in [2.24, 2.45) is 0 Å². The van der Waals surface area contributed by atoms with E-state index in [0.29, 0.717) is 31.7 Å². The Morgan fingerprint density at radius 2 is 1.75 bits per heavy atom. The summed E-state index contributed by atoms with van der Waals surface area (Å²) in [5.41, 5.74) is 1.32. The fourth-order valence-corrected chi connectivity index (χ4v) is 4.23. The molecular weight excluding hydrogens is 324 g/mol. The minimum absolute atomic E-state index is 0.0307. The van der Waals surface area contributed by atoms with E-state index < -0.39 is 10.0 Å².